The molecule has 0 saturated carbocycles. The molecule has 0 bridgehead atoms. The first kappa shape index (κ1) is 29.2. The molecular weight excluding hydrogens is 373 g/mol. The Balaban J connectivity index is 0. The Morgan fingerprint density at radius 1 is 0.778 bits per heavy atom. The van der Waals surface area contributed by atoms with Gasteiger partial charge in [-0.2, -0.15) is 0 Å². The Kier molecular flexibility index (Phi) is 20.8. The predicted octanol–water partition coefficient (Wildman–Crippen LogP) is 2.19. The molecule has 8 nitrogen and oxygen atoms in total. The second-order valence-corrected chi connectivity index (χ2v) is 8.12. The number of unbranched alkanes of at least 4 members (excludes halogenated alkanes) is 11. The number of aliphatic hydroxyl groups excluding tert-OH is 3. The van der Waals surface area contributed by atoms with Gasteiger partial charge >= 0.3 is 7.82 Å². The summed E-state index contributed by atoms with van der Waals surface area (Å²) in [6, 6.07) is -0.743. The van der Waals surface area contributed by atoms with Gasteiger partial charge in [-0.3, -0.25) is 0 Å². The van der Waals surface area contributed by atoms with Crippen molar-refractivity contribution in [2.45, 2.75) is 109 Å². The van der Waals surface area contributed by atoms with Gasteiger partial charge in [-0.05, 0) is 6.42 Å². The minimum absolute atomic E-state index is 0.295. The number of hydrogen-bond donors (Lipinski definition) is 7. The summed E-state index contributed by atoms with van der Waals surface area (Å²) >= 11 is 0. The molecule has 0 aromatic rings. The van der Waals surface area contributed by atoms with Crippen LogP contribution in [0.2, 0.25) is 0 Å². The van der Waals surface area contributed by atoms with Crippen molar-refractivity contribution in [3.63, 3.8) is 0 Å². The van der Waals surface area contributed by atoms with Crippen LogP contribution < -0.4 is 5.73 Å². The fourth-order valence-corrected chi connectivity index (χ4v) is 2.76. The van der Waals surface area contributed by atoms with Crippen LogP contribution in [0.3, 0.4) is 0 Å². The van der Waals surface area contributed by atoms with Crippen LogP contribution in [0.25, 0.3) is 0 Å². The van der Waals surface area contributed by atoms with Crippen LogP contribution in [0.1, 0.15) is 90.4 Å². The molecule has 0 saturated heterocycles. The third-order valence-corrected chi connectivity index (χ3v) is 4.40. The summed E-state index contributed by atoms with van der Waals surface area (Å²) in [5, 5.41) is 28.2. The topological polar surface area (TPSA) is 164 Å². The van der Waals surface area contributed by atoms with Gasteiger partial charge in [0.25, 0.3) is 0 Å². The quantitative estimate of drug-likeness (QED) is 0.149. The van der Waals surface area contributed by atoms with Gasteiger partial charge in [0.2, 0.25) is 0 Å². The van der Waals surface area contributed by atoms with E-state index in [1.54, 1.807) is 0 Å². The first-order chi connectivity index (χ1) is 12.6. The lowest BCUT2D eigenvalue weighted by molar-refractivity contribution is -0.0121. The molecule has 27 heavy (non-hydrogen) atoms. The van der Waals surface area contributed by atoms with Crippen molar-refractivity contribution in [1.82, 2.24) is 0 Å². The standard InChI is InChI=1S/C18H39NO3.H3O4P/c1-2-3-4-5-6-7-8-9-10-11-12-13-14-17(21)18(22)16(19)15-20;1-5(2,3)4/h16-18,20-22H,2-15,19H2,1H3;(H3,1,2,3,4)/t16-,17+,18-;/m0./s1. The highest BCUT2D eigenvalue weighted by Gasteiger charge is 2.22. The van der Waals surface area contributed by atoms with Gasteiger partial charge < -0.3 is 35.7 Å². The SMILES string of the molecule is CCCCCCCCCCCCCC[C@@H](O)[C@@H](O)[C@@H](N)CO.O=P(O)(O)O. The lowest BCUT2D eigenvalue weighted by Crippen LogP contribution is -2.45. The van der Waals surface area contributed by atoms with Crippen molar-refractivity contribution in [3.8, 4) is 0 Å². The number of phosphoric acid groups is 1. The Morgan fingerprint density at radius 3 is 1.44 bits per heavy atom. The molecule has 0 aromatic heterocycles. The molecule has 0 aliphatic carbocycles. The molecule has 0 aromatic carbocycles. The number of hydrogen-bond acceptors (Lipinski definition) is 5. The van der Waals surface area contributed by atoms with Crippen molar-refractivity contribution >= 4 is 7.82 Å². The van der Waals surface area contributed by atoms with E-state index in [-0.39, 0.29) is 6.61 Å². The van der Waals surface area contributed by atoms with E-state index in [1.165, 1.54) is 64.2 Å². The Bertz CT molecular complexity index is 346. The minimum atomic E-state index is -4.64. The normalized spacial score (nSPS) is 15.0. The summed E-state index contributed by atoms with van der Waals surface area (Å²) in [5.41, 5.74) is 5.49. The van der Waals surface area contributed by atoms with Gasteiger partial charge in [-0.1, -0.05) is 84.0 Å². The molecule has 3 atom stereocenters. The highest BCUT2D eigenvalue weighted by molar-refractivity contribution is 7.45. The zero-order valence-electron chi connectivity index (χ0n) is 16.7. The van der Waals surface area contributed by atoms with Crippen LogP contribution in [0.4, 0.5) is 0 Å². The van der Waals surface area contributed by atoms with E-state index in [2.05, 4.69) is 6.92 Å². The van der Waals surface area contributed by atoms with Crippen LogP contribution in [0.5, 0.6) is 0 Å². The molecule has 0 fully saturated rings. The van der Waals surface area contributed by atoms with Crippen LogP contribution in [0, 0.1) is 0 Å². The lowest BCUT2D eigenvalue weighted by Gasteiger charge is -2.22. The van der Waals surface area contributed by atoms with Crippen molar-refractivity contribution < 1.29 is 34.6 Å². The zero-order valence-corrected chi connectivity index (χ0v) is 17.6. The molecule has 0 heterocycles. The summed E-state index contributed by atoms with van der Waals surface area (Å²) in [4.78, 5) is 21.6. The van der Waals surface area contributed by atoms with Crippen LogP contribution >= 0.6 is 7.82 Å². The van der Waals surface area contributed by atoms with Crippen molar-refractivity contribution in [2.75, 3.05) is 6.61 Å². The van der Waals surface area contributed by atoms with Gasteiger partial charge in [0.1, 0.15) is 0 Å². The van der Waals surface area contributed by atoms with E-state index >= 15 is 0 Å². The summed E-state index contributed by atoms with van der Waals surface area (Å²) in [7, 11) is -4.64. The Labute approximate surface area is 164 Å². The van der Waals surface area contributed by atoms with E-state index in [0.29, 0.717) is 6.42 Å². The van der Waals surface area contributed by atoms with E-state index in [1.807, 2.05) is 0 Å². The molecule has 0 aliphatic heterocycles. The van der Waals surface area contributed by atoms with Crippen molar-refractivity contribution in [2.24, 2.45) is 5.73 Å². The van der Waals surface area contributed by atoms with Gasteiger partial charge in [-0.25, -0.2) is 4.57 Å². The van der Waals surface area contributed by atoms with E-state index in [9.17, 15) is 10.2 Å². The average molecular weight is 416 g/mol. The van der Waals surface area contributed by atoms with Gasteiger partial charge in [0.05, 0.1) is 24.9 Å². The largest absolute Gasteiger partial charge is 0.466 e. The van der Waals surface area contributed by atoms with Crippen molar-refractivity contribution in [3.05, 3.63) is 0 Å². The highest BCUT2D eigenvalue weighted by atomic mass is 31.2. The fourth-order valence-electron chi connectivity index (χ4n) is 2.76. The van der Waals surface area contributed by atoms with Gasteiger partial charge in [0, 0.05) is 0 Å². The summed E-state index contributed by atoms with van der Waals surface area (Å²) in [5.74, 6) is 0. The molecule has 166 valence electrons. The molecule has 0 aliphatic rings. The van der Waals surface area contributed by atoms with Crippen LogP contribution in [0.15, 0.2) is 0 Å². The van der Waals surface area contributed by atoms with E-state index < -0.39 is 26.1 Å². The third-order valence-electron chi connectivity index (χ3n) is 4.40. The molecular formula is C18H42NO7P. The second-order valence-electron chi connectivity index (χ2n) is 7.10. The Morgan fingerprint density at radius 2 is 1.11 bits per heavy atom. The summed E-state index contributed by atoms with van der Waals surface area (Å²) in [6.45, 7) is 1.96. The summed E-state index contributed by atoms with van der Waals surface area (Å²) < 4.78 is 8.88. The lowest BCUT2D eigenvalue weighted by atomic mass is 10.00. The average Bonchev–Trinajstić information content (AvgIpc) is 2.59. The van der Waals surface area contributed by atoms with E-state index in [4.69, 9.17) is 30.1 Å². The first-order valence-corrected chi connectivity index (χ1v) is 11.7. The van der Waals surface area contributed by atoms with Crippen LogP contribution in [-0.4, -0.2) is 54.9 Å². The third kappa shape index (κ3) is 25.9. The number of rotatable bonds is 16. The number of nitrogens with two attached hydrogens (primary N) is 1. The van der Waals surface area contributed by atoms with Gasteiger partial charge in [-0.15, -0.1) is 0 Å². The van der Waals surface area contributed by atoms with Crippen molar-refractivity contribution in [1.29, 1.82) is 0 Å². The molecule has 9 heteroatoms. The molecule has 0 radical (unpaired) electrons. The molecule has 8 N–H and O–H groups in total. The monoisotopic (exact) mass is 415 g/mol. The van der Waals surface area contributed by atoms with E-state index in [0.717, 1.165) is 12.8 Å². The maximum absolute atomic E-state index is 9.74. The first-order valence-electron chi connectivity index (χ1n) is 10.1. The molecule has 0 unspecified atom stereocenters. The maximum Gasteiger partial charge on any atom is 0.466 e. The number of aliphatic hydroxyl groups is 3. The summed E-state index contributed by atoms with van der Waals surface area (Å²) in [6.07, 6.45) is 14.1. The van der Waals surface area contributed by atoms with Gasteiger partial charge in [0.15, 0.2) is 0 Å². The molecule has 0 spiro atoms. The molecule has 0 rings (SSSR count). The smallest absolute Gasteiger partial charge is 0.395 e. The highest BCUT2D eigenvalue weighted by Crippen LogP contribution is 2.25. The zero-order chi connectivity index (χ0) is 21.1. The predicted molar refractivity (Wildman–Crippen MR) is 107 cm³/mol. The fraction of sp³-hybridized carbons (Fsp3) is 1.00. The van der Waals surface area contributed by atoms with Crippen LogP contribution in [-0.2, 0) is 4.57 Å². The second kappa shape index (κ2) is 19.3. The maximum atomic E-state index is 9.74. The minimum Gasteiger partial charge on any atom is -0.395 e. The Hall–Kier alpha value is -0.0500. The molecule has 0 amide bonds.